The number of rotatable bonds is 3. The molecule has 0 fully saturated rings. The maximum atomic E-state index is 12.4. The van der Waals surface area contributed by atoms with Gasteiger partial charge in [-0.2, -0.15) is 13.2 Å². The molecule has 0 bridgehead atoms. The van der Waals surface area contributed by atoms with Gasteiger partial charge in [-0.15, -0.1) is 11.3 Å². The lowest BCUT2D eigenvalue weighted by Crippen LogP contribution is -2.25. The Morgan fingerprint density at radius 3 is 2.35 bits per heavy atom. The summed E-state index contributed by atoms with van der Waals surface area (Å²) in [5, 5.41) is 1.80. The van der Waals surface area contributed by atoms with Gasteiger partial charge in [-0.05, 0) is 29.1 Å². The van der Waals surface area contributed by atoms with E-state index in [1.165, 1.54) is 28.4 Å². The van der Waals surface area contributed by atoms with Crippen molar-refractivity contribution in [3.8, 4) is 0 Å². The summed E-state index contributed by atoms with van der Waals surface area (Å²) in [5.74, 6) is -0.139. The van der Waals surface area contributed by atoms with E-state index in [2.05, 4.69) is 0 Å². The van der Waals surface area contributed by atoms with E-state index >= 15 is 0 Å². The van der Waals surface area contributed by atoms with E-state index in [4.69, 9.17) is 0 Å². The van der Waals surface area contributed by atoms with E-state index in [9.17, 15) is 18.0 Å². The van der Waals surface area contributed by atoms with E-state index < -0.39 is 11.7 Å². The lowest BCUT2D eigenvalue weighted by molar-refractivity contribution is -0.137. The van der Waals surface area contributed by atoms with Crippen molar-refractivity contribution in [2.45, 2.75) is 12.7 Å². The highest BCUT2D eigenvalue weighted by molar-refractivity contribution is 7.12. The highest BCUT2D eigenvalue weighted by Crippen LogP contribution is 2.29. The molecule has 0 unspecified atom stereocenters. The van der Waals surface area contributed by atoms with Crippen LogP contribution in [0.2, 0.25) is 0 Å². The van der Waals surface area contributed by atoms with Crippen molar-refractivity contribution < 1.29 is 18.0 Å². The van der Waals surface area contributed by atoms with E-state index in [0.29, 0.717) is 10.4 Å². The Morgan fingerprint density at radius 1 is 1.20 bits per heavy atom. The van der Waals surface area contributed by atoms with Crippen LogP contribution < -0.4 is 0 Å². The van der Waals surface area contributed by atoms with Crippen LogP contribution >= 0.6 is 11.3 Å². The molecule has 0 N–H and O–H groups in total. The molecule has 2 nitrogen and oxygen atoms in total. The van der Waals surface area contributed by atoms with Crippen molar-refractivity contribution in [1.29, 1.82) is 0 Å². The first-order valence-electron chi connectivity index (χ1n) is 5.83. The van der Waals surface area contributed by atoms with E-state index in [-0.39, 0.29) is 12.5 Å². The lowest BCUT2D eigenvalue weighted by Gasteiger charge is -2.16. The molecule has 0 atom stereocenters. The van der Waals surface area contributed by atoms with Crippen molar-refractivity contribution in [3.63, 3.8) is 0 Å². The predicted molar refractivity (Wildman–Crippen MR) is 71.6 cm³/mol. The van der Waals surface area contributed by atoms with Gasteiger partial charge in [0.15, 0.2) is 0 Å². The first kappa shape index (κ1) is 14.6. The van der Waals surface area contributed by atoms with Gasteiger partial charge in [-0.3, -0.25) is 4.79 Å². The zero-order valence-electron chi connectivity index (χ0n) is 10.6. The van der Waals surface area contributed by atoms with Gasteiger partial charge in [0, 0.05) is 13.6 Å². The molecule has 0 aliphatic carbocycles. The minimum atomic E-state index is -4.34. The van der Waals surface area contributed by atoms with Crippen molar-refractivity contribution in [2.24, 2.45) is 0 Å². The summed E-state index contributed by atoms with van der Waals surface area (Å²) >= 11 is 1.34. The second-order valence-electron chi connectivity index (χ2n) is 4.33. The molecule has 1 aromatic heterocycles. The molecule has 0 aliphatic heterocycles. The van der Waals surface area contributed by atoms with E-state index in [1.54, 1.807) is 24.6 Å². The third-order valence-corrected chi connectivity index (χ3v) is 3.64. The van der Waals surface area contributed by atoms with Crippen molar-refractivity contribution in [2.75, 3.05) is 7.05 Å². The summed E-state index contributed by atoms with van der Waals surface area (Å²) < 4.78 is 37.3. The van der Waals surface area contributed by atoms with Crippen molar-refractivity contribution >= 4 is 17.2 Å². The van der Waals surface area contributed by atoms with Gasteiger partial charge < -0.3 is 4.90 Å². The SMILES string of the molecule is CN(Cc1ccc(C(F)(F)F)cc1)C(=O)c1cccs1. The summed E-state index contributed by atoms with van der Waals surface area (Å²) in [4.78, 5) is 14.1. The lowest BCUT2D eigenvalue weighted by atomic mass is 10.1. The molecule has 0 saturated carbocycles. The molecule has 1 amide bonds. The maximum Gasteiger partial charge on any atom is 0.416 e. The molecule has 20 heavy (non-hydrogen) atoms. The molecule has 1 aromatic carbocycles. The largest absolute Gasteiger partial charge is 0.416 e. The van der Waals surface area contributed by atoms with Crippen molar-refractivity contribution in [1.82, 2.24) is 4.90 Å². The zero-order chi connectivity index (χ0) is 14.8. The number of hydrogen-bond acceptors (Lipinski definition) is 2. The number of benzene rings is 1. The van der Waals surface area contributed by atoms with Gasteiger partial charge in [0.25, 0.3) is 5.91 Å². The number of halogens is 3. The van der Waals surface area contributed by atoms with Gasteiger partial charge in [0.2, 0.25) is 0 Å². The van der Waals surface area contributed by atoms with Crippen LogP contribution in [0.1, 0.15) is 20.8 Å². The molecule has 0 spiro atoms. The van der Waals surface area contributed by atoms with Crippen LogP contribution in [0.25, 0.3) is 0 Å². The Hall–Kier alpha value is -1.82. The molecule has 0 saturated heterocycles. The fourth-order valence-electron chi connectivity index (χ4n) is 1.73. The third-order valence-electron chi connectivity index (χ3n) is 2.78. The second kappa shape index (κ2) is 5.66. The van der Waals surface area contributed by atoms with Gasteiger partial charge in [0.1, 0.15) is 0 Å². The van der Waals surface area contributed by atoms with E-state index in [0.717, 1.165) is 12.1 Å². The fraction of sp³-hybridized carbons (Fsp3) is 0.214. The van der Waals surface area contributed by atoms with Crippen LogP contribution in [0.4, 0.5) is 13.2 Å². The molecule has 0 aliphatic rings. The molecule has 6 heteroatoms. The third kappa shape index (κ3) is 3.39. The van der Waals surface area contributed by atoms with Gasteiger partial charge in [-0.25, -0.2) is 0 Å². The summed E-state index contributed by atoms with van der Waals surface area (Å²) in [7, 11) is 1.62. The van der Waals surface area contributed by atoms with Crippen LogP contribution in [0.3, 0.4) is 0 Å². The zero-order valence-corrected chi connectivity index (χ0v) is 11.5. The Labute approximate surface area is 118 Å². The molecular formula is C14H12F3NOS. The van der Waals surface area contributed by atoms with Crippen LogP contribution in [-0.2, 0) is 12.7 Å². The van der Waals surface area contributed by atoms with Crippen LogP contribution in [0.5, 0.6) is 0 Å². The number of thiophene rings is 1. The topological polar surface area (TPSA) is 20.3 Å². The molecule has 2 rings (SSSR count). The minimum Gasteiger partial charge on any atom is -0.337 e. The van der Waals surface area contributed by atoms with Crippen LogP contribution in [0, 0.1) is 0 Å². The smallest absolute Gasteiger partial charge is 0.337 e. The number of nitrogens with zero attached hydrogens (tertiary/aromatic N) is 1. The first-order valence-corrected chi connectivity index (χ1v) is 6.71. The number of alkyl halides is 3. The highest BCUT2D eigenvalue weighted by atomic mass is 32.1. The predicted octanol–water partition coefficient (Wildman–Crippen LogP) is 4.04. The highest BCUT2D eigenvalue weighted by Gasteiger charge is 2.29. The average molecular weight is 299 g/mol. The Balaban J connectivity index is 2.05. The number of amides is 1. The fourth-order valence-corrected chi connectivity index (χ4v) is 2.45. The van der Waals surface area contributed by atoms with Crippen molar-refractivity contribution in [3.05, 3.63) is 57.8 Å². The molecule has 106 valence electrons. The Bertz CT molecular complexity index is 575. The molecule has 1 heterocycles. The summed E-state index contributed by atoms with van der Waals surface area (Å²) in [5.41, 5.74) is -0.0288. The van der Waals surface area contributed by atoms with Crippen LogP contribution in [-0.4, -0.2) is 17.9 Å². The molecule has 0 radical (unpaired) electrons. The Kier molecular flexibility index (Phi) is 4.13. The quantitative estimate of drug-likeness (QED) is 0.837. The number of hydrogen-bond donors (Lipinski definition) is 0. The summed E-state index contributed by atoms with van der Waals surface area (Å²) in [6.45, 7) is 0.273. The number of carbonyl (C=O) groups is 1. The van der Waals surface area contributed by atoms with Gasteiger partial charge in [-0.1, -0.05) is 18.2 Å². The average Bonchev–Trinajstić information content (AvgIpc) is 2.91. The Morgan fingerprint density at radius 2 is 1.85 bits per heavy atom. The molecular weight excluding hydrogens is 287 g/mol. The number of carbonyl (C=O) groups excluding carboxylic acids is 1. The van der Waals surface area contributed by atoms with Gasteiger partial charge in [0.05, 0.1) is 10.4 Å². The maximum absolute atomic E-state index is 12.4. The summed E-state index contributed by atoms with van der Waals surface area (Å²) in [6.07, 6.45) is -4.34. The molecule has 2 aromatic rings. The monoisotopic (exact) mass is 299 g/mol. The standard InChI is InChI=1S/C14H12F3NOS/c1-18(13(19)12-3-2-8-20-12)9-10-4-6-11(7-5-10)14(15,16)17/h2-8H,9H2,1H3. The normalized spacial score (nSPS) is 11.4. The first-order chi connectivity index (χ1) is 9.38. The van der Waals surface area contributed by atoms with Crippen LogP contribution in [0.15, 0.2) is 41.8 Å². The van der Waals surface area contributed by atoms with Gasteiger partial charge >= 0.3 is 6.18 Å². The minimum absolute atomic E-state index is 0.139. The van der Waals surface area contributed by atoms with E-state index in [1.807, 2.05) is 0 Å². The summed E-state index contributed by atoms with van der Waals surface area (Å²) in [6, 6.07) is 8.33. The second-order valence-corrected chi connectivity index (χ2v) is 5.28.